The lowest BCUT2D eigenvalue weighted by molar-refractivity contribution is -0.274. The van der Waals surface area contributed by atoms with Gasteiger partial charge in [-0.25, -0.2) is 13.1 Å². The van der Waals surface area contributed by atoms with Gasteiger partial charge >= 0.3 is 6.36 Å². The molecule has 1 N–H and O–H groups in total. The fraction of sp³-hybridized carbons (Fsp3) is 0.389. The van der Waals surface area contributed by atoms with Crippen LogP contribution in [0.5, 0.6) is 5.75 Å². The van der Waals surface area contributed by atoms with Crippen molar-refractivity contribution in [3.05, 3.63) is 54.4 Å². The lowest BCUT2D eigenvalue weighted by Gasteiger charge is -2.31. The average molecular weight is 416 g/mol. The Morgan fingerprint density at radius 2 is 1.82 bits per heavy atom. The largest absolute Gasteiger partial charge is 0.573 e. The molecule has 1 atom stereocenters. The molecule has 0 aliphatic carbocycles. The van der Waals surface area contributed by atoms with Crippen LogP contribution in [0.4, 0.5) is 13.2 Å². The molecule has 1 aromatic heterocycles. The molecular weight excluding hydrogens is 397 g/mol. The van der Waals surface area contributed by atoms with E-state index in [1.54, 1.807) is 24.5 Å². The number of pyridine rings is 1. The summed E-state index contributed by atoms with van der Waals surface area (Å²) in [7, 11) is -3.97. The van der Waals surface area contributed by atoms with Crippen LogP contribution in [0.3, 0.4) is 0 Å². The number of hydrogen-bond donors (Lipinski definition) is 1. The summed E-state index contributed by atoms with van der Waals surface area (Å²) < 4.78 is 74.3. The molecular formula is C18H19F3N2O4S. The first-order valence-corrected chi connectivity index (χ1v) is 10.1. The zero-order chi connectivity index (χ0) is 20.2. The number of alkyl halides is 3. The Morgan fingerprint density at radius 1 is 1.14 bits per heavy atom. The fourth-order valence-corrected chi connectivity index (χ4v) is 4.39. The highest BCUT2D eigenvalue weighted by Gasteiger charge is 2.32. The summed E-state index contributed by atoms with van der Waals surface area (Å²) in [6.07, 6.45) is -0.282. The predicted octanol–water partition coefficient (Wildman–Crippen LogP) is 3.43. The van der Waals surface area contributed by atoms with Gasteiger partial charge in [-0.05, 0) is 54.7 Å². The molecule has 1 aromatic carbocycles. The van der Waals surface area contributed by atoms with E-state index < -0.39 is 28.2 Å². The van der Waals surface area contributed by atoms with Gasteiger partial charge < -0.3 is 9.47 Å². The highest BCUT2D eigenvalue weighted by Crippen LogP contribution is 2.31. The van der Waals surface area contributed by atoms with Crippen LogP contribution >= 0.6 is 0 Å². The summed E-state index contributed by atoms with van der Waals surface area (Å²) in [5.41, 5.74) is 0.718. The Labute approximate surface area is 160 Å². The Kier molecular flexibility index (Phi) is 6.21. The first kappa shape index (κ1) is 20.6. The SMILES string of the molecule is O=S(=O)(NC(c1cccnc1)C1CCOCC1)c1ccc(OC(F)(F)F)cc1. The summed E-state index contributed by atoms with van der Waals surface area (Å²) in [5.74, 6) is -0.472. The van der Waals surface area contributed by atoms with E-state index in [4.69, 9.17) is 4.74 Å². The maximum absolute atomic E-state index is 12.8. The van der Waals surface area contributed by atoms with Crippen LogP contribution in [-0.4, -0.2) is 33.0 Å². The molecule has 2 heterocycles. The molecule has 0 radical (unpaired) electrons. The molecule has 3 rings (SSSR count). The van der Waals surface area contributed by atoms with Crippen molar-refractivity contribution in [3.8, 4) is 5.75 Å². The maximum atomic E-state index is 12.8. The number of sulfonamides is 1. The maximum Gasteiger partial charge on any atom is 0.573 e. The Bertz CT molecular complexity index is 868. The minimum atomic E-state index is -4.84. The second-order valence-electron chi connectivity index (χ2n) is 6.35. The van der Waals surface area contributed by atoms with Crippen molar-refractivity contribution in [1.29, 1.82) is 0 Å². The average Bonchev–Trinajstić information content (AvgIpc) is 2.67. The van der Waals surface area contributed by atoms with Crippen molar-refractivity contribution in [3.63, 3.8) is 0 Å². The van der Waals surface area contributed by atoms with Gasteiger partial charge in [0.05, 0.1) is 10.9 Å². The van der Waals surface area contributed by atoms with E-state index in [0.29, 0.717) is 26.1 Å². The highest BCUT2D eigenvalue weighted by molar-refractivity contribution is 7.89. The molecule has 0 bridgehead atoms. The number of nitrogens with one attached hydrogen (secondary N) is 1. The molecule has 152 valence electrons. The molecule has 1 fully saturated rings. The van der Waals surface area contributed by atoms with Gasteiger partial charge in [0.25, 0.3) is 0 Å². The van der Waals surface area contributed by atoms with Crippen LogP contribution in [0.25, 0.3) is 0 Å². The number of hydrogen-bond acceptors (Lipinski definition) is 5. The molecule has 1 aliphatic heterocycles. The summed E-state index contributed by atoms with van der Waals surface area (Å²) in [6, 6.07) is 7.08. The zero-order valence-corrected chi connectivity index (χ0v) is 15.5. The quantitative estimate of drug-likeness (QED) is 0.781. The predicted molar refractivity (Wildman–Crippen MR) is 94.0 cm³/mol. The Hall–Kier alpha value is -2.17. The lowest BCUT2D eigenvalue weighted by atomic mass is 9.88. The van der Waals surface area contributed by atoms with Gasteiger partial charge in [0.2, 0.25) is 10.0 Å². The van der Waals surface area contributed by atoms with E-state index >= 15 is 0 Å². The van der Waals surface area contributed by atoms with E-state index in [1.165, 1.54) is 0 Å². The van der Waals surface area contributed by atoms with Gasteiger partial charge in [-0.2, -0.15) is 0 Å². The molecule has 1 aliphatic rings. The third-order valence-corrected chi connectivity index (χ3v) is 5.89. The van der Waals surface area contributed by atoms with Crippen LogP contribution in [0.2, 0.25) is 0 Å². The second-order valence-corrected chi connectivity index (χ2v) is 8.07. The van der Waals surface area contributed by atoms with Crippen LogP contribution in [0.15, 0.2) is 53.7 Å². The van der Waals surface area contributed by atoms with Gasteiger partial charge in [-0.3, -0.25) is 4.98 Å². The molecule has 1 saturated heterocycles. The number of rotatable bonds is 6. The van der Waals surface area contributed by atoms with Crippen LogP contribution in [-0.2, 0) is 14.8 Å². The number of nitrogens with zero attached hydrogens (tertiary/aromatic N) is 1. The zero-order valence-electron chi connectivity index (χ0n) is 14.7. The molecule has 28 heavy (non-hydrogen) atoms. The third-order valence-electron chi connectivity index (χ3n) is 4.43. The third kappa shape index (κ3) is 5.43. The summed E-state index contributed by atoms with van der Waals surface area (Å²) in [5, 5.41) is 0. The number of benzene rings is 1. The van der Waals surface area contributed by atoms with Crippen molar-refractivity contribution < 1.29 is 31.1 Å². The van der Waals surface area contributed by atoms with E-state index in [9.17, 15) is 21.6 Å². The fourth-order valence-electron chi connectivity index (χ4n) is 3.10. The van der Waals surface area contributed by atoms with Crippen molar-refractivity contribution in [2.24, 2.45) is 5.92 Å². The molecule has 1 unspecified atom stereocenters. The molecule has 0 saturated carbocycles. The highest BCUT2D eigenvalue weighted by atomic mass is 32.2. The second kappa shape index (κ2) is 8.46. The van der Waals surface area contributed by atoms with Crippen molar-refractivity contribution in [1.82, 2.24) is 9.71 Å². The first-order chi connectivity index (χ1) is 13.2. The monoisotopic (exact) mass is 416 g/mol. The van der Waals surface area contributed by atoms with Crippen LogP contribution in [0.1, 0.15) is 24.4 Å². The van der Waals surface area contributed by atoms with Gasteiger partial charge in [0.15, 0.2) is 0 Å². The minimum Gasteiger partial charge on any atom is -0.406 e. The van der Waals surface area contributed by atoms with Gasteiger partial charge in [-0.1, -0.05) is 6.07 Å². The number of halogens is 3. The van der Waals surface area contributed by atoms with Crippen molar-refractivity contribution in [2.45, 2.75) is 30.1 Å². The molecule has 10 heteroatoms. The molecule has 0 amide bonds. The lowest BCUT2D eigenvalue weighted by Crippen LogP contribution is -2.36. The normalized spacial score (nSPS) is 17.2. The van der Waals surface area contributed by atoms with E-state index in [2.05, 4.69) is 14.4 Å². The summed E-state index contributed by atoms with van der Waals surface area (Å²) in [4.78, 5) is 3.91. The molecule has 0 spiro atoms. The first-order valence-electron chi connectivity index (χ1n) is 8.60. The Morgan fingerprint density at radius 3 is 2.39 bits per heavy atom. The molecule has 6 nitrogen and oxygen atoms in total. The Balaban J connectivity index is 1.82. The van der Waals surface area contributed by atoms with Crippen LogP contribution < -0.4 is 9.46 Å². The van der Waals surface area contributed by atoms with Gasteiger partial charge in [0.1, 0.15) is 5.75 Å². The standard InChI is InChI=1S/C18H19F3N2O4S/c19-18(20,21)27-15-3-5-16(6-4-15)28(24,25)23-17(13-7-10-26-11-8-13)14-2-1-9-22-12-14/h1-6,9,12-13,17,23H,7-8,10-11H2. The smallest absolute Gasteiger partial charge is 0.406 e. The molecule has 2 aromatic rings. The van der Waals surface area contributed by atoms with E-state index in [1.807, 2.05) is 0 Å². The number of aromatic nitrogens is 1. The number of ether oxygens (including phenoxy) is 2. The summed E-state index contributed by atoms with van der Waals surface area (Å²) >= 11 is 0. The van der Waals surface area contributed by atoms with Crippen molar-refractivity contribution in [2.75, 3.05) is 13.2 Å². The van der Waals surface area contributed by atoms with Gasteiger partial charge in [-0.15, -0.1) is 13.2 Å². The van der Waals surface area contributed by atoms with E-state index in [-0.39, 0.29) is 10.8 Å². The van der Waals surface area contributed by atoms with Crippen molar-refractivity contribution >= 4 is 10.0 Å². The topological polar surface area (TPSA) is 77.5 Å². The van der Waals surface area contributed by atoms with Gasteiger partial charge in [0, 0.05) is 25.6 Å². The minimum absolute atomic E-state index is 0.0144. The summed E-state index contributed by atoms with van der Waals surface area (Å²) in [6.45, 7) is 1.07. The van der Waals surface area contributed by atoms with E-state index in [0.717, 1.165) is 29.8 Å². The van der Waals surface area contributed by atoms with Crippen LogP contribution in [0, 0.1) is 5.92 Å².